The molecule has 6 nitrogen and oxygen atoms in total. The van der Waals surface area contributed by atoms with Crippen molar-refractivity contribution in [3.8, 4) is 5.75 Å². The quantitative estimate of drug-likeness (QED) is 0.382. The van der Waals surface area contributed by atoms with Gasteiger partial charge in [0.15, 0.2) is 6.61 Å². The monoisotopic (exact) mass is 512 g/mol. The second-order valence-corrected chi connectivity index (χ2v) is 9.64. The minimum Gasteiger partial charge on any atom is -0.484 e. The van der Waals surface area contributed by atoms with Crippen LogP contribution in [0.15, 0.2) is 71.6 Å². The van der Waals surface area contributed by atoms with Crippen LogP contribution in [0.1, 0.15) is 6.92 Å². The molecule has 0 unspecified atom stereocenters. The normalized spacial score (nSPS) is 11.1. The van der Waals surface area contributed by atoms with Gasteiger partial charge < -0.3 is 10.1 Å². The van der Waals surface area contributed by atoms with Crippen LogP contribution in [0.3, 0.4) is 0 Å². The molecule has 0 bridgehead atoms. The topological polar surface area (TPSA) is 75.7 Å². The fraction of sp³-hybridized carbons (Fsp3) is 0.136. The predicted octanol–water partition coefficient (Wildman–Crippen LogP) is 5.88. The van der Waals surface area contributed by atoms with Gasteiger partial charge in [0.05, 0.1) is 31.3 Å². The molecule has 0 aliphatic carbocycles. The number of hydrogen-bond donors (Lipinski definition) is 1. The molecule has 0 fully saturated rings. The molecule has 3 aromatic carbocycles. The lowest BCUT2D eigenvalue weighted by Gasteiger charge is -2.23. The van der Waals surface area contributed by atoms with Crippen molar-refractivity contribution in [3.05, 3.63) is 81.8 Å². The van der Waals surface area contributed by atoms with Crippen molar-refractivity contribution in [2.24, 2.45) is 0 Å². The first-order chi connectivity index (χ1) is 15.2. The molecule has 0 aliphatic heterocycles. The van der Waals surface area contributed by atoms with E-state index in [2.05, 4.69) is 5.32 Å². The van der Waals surface area contributed by atoms with E-state index in [1.54, 1.807) is 61.5 Å². The second-order valence-electron chi connectivity index (χ2n) is 6.56. The number of halogens is 3. The Labute approximate surface area is 201 Å². The molecule has 1 N–H and O–H groups in total. The van der Waals surface area contributed by atoms with Gasteiger partial charge >= 0.3 is 0 Å². The van der Waals surface area contributed by atoms with Crippen molar-refractivity contribution in [1.29, 1.82) is 0 Å². The Hall–Kier alpha value is -2.45. The Morgan fingerprint density at radius 2 is 1.56 bits per heavy atom. The van der Waals surface area contributed by atoms with E-state index in [1.165, 1.54) is 16.4 Å². The number of carbonyl (C=O) groups excluding carboxylic acids is 1. The lowest BCUT2D eigenvalue weighted by Crippen LogP contribution is -2.30. The lowest BCUT2D eigenvalue weighted by molar-refractivity contribution is -0.118. The number of ether oxygens (including phenoxy) is 1. The molecule has 0 saturated carbocycles. The van der Waals surface area contributed by atoms with Crippen LogP contribution in [-0.2, 0) is 14.8 Å². The highest BCUT2D eigenvalue weighted by atomic mass is 35.5. The average Bonchev–Trinajstić information content (AvgIpc) is 2.78. The van der Waals surface area contributed by atoms with Crippen LogP contribution in [-0.4, -0.2) is 27.5 Å². The Morgan fingerprint density at radius 1 is 0.938 bits per heavy atom. The van der Waals surface area contributed by atoms with E-state index in [9.17, 15) is 13.2 Å². The third-order valence-corrected chi connectivity index (χ3v) is 7.35. The molecule has 0 saturated heterocycles. The maximum Gasteiger partial charge on any atom is 0.264 e. The molecule has 168 valence electrons. The molecule has 32 heavy (non-hydrogen) atoms. The summed E-state index contributed by atoms with van der Waals surface area (Å²) in [6.45, 7) is 1.73. The fourth-order valence-corrected chi connectivity index (χ4v) is 4.96. The summed E-state index contributed by atoms with van der Waals surface area (Å²) in [6, 6.07) is 17.5. The Kier molecular flexibility index (Phi) is 7.90. The van der Waals surface area contributed by atoms with Gasteiger partial charge in [-0.15, -0.1) is 0 Å². The molecule has 1 amide bonds. The fourth-order valence-electron chi connectivity index (χ4n) is 2.87. The van der Waals surface area contributed by atoms with E-state index in [0.717, 1.165) is 0 Å². The summed E-state index contributed by atoms with van der Waals surface area (Å²) < 4.78 is 32.6. The molecule has 0 aliphatic rings. The number of benzene rings is 3. The van der Waals surface area contributed by atoms with Crippen LogP contribution < -0.4 is 14.4 Å². The number of rotatable bonds is 8. The minimum absolute atomic E-state index is 0.208. The first-order valence-corrected chi connectivity index (χ1v) is 12.0. The molecule has 0 heterocycles. The molecule has 0 radical (unpaired) electrons. The van der Waals surface area contributed by atoms with E-state index in [-0.39, 0.29) is 33.1 Å². The van der Waals surface area contributed by atoms with Gasteiger partial charge in [0.25, 0.3) is 15.9 Å². The van der Waals surface area contributed by atoms with Gasteiger partial charge in [-0.2, -0.15) is 0 Å². The Bertz CT molecular complexity index is 1200. The third-order valence-electron chi connectivity index (χ3n) is 4.40. The second kappa shape index (κ2) is 10.4. The SMILES string of the molecule is CCN(c1ccc(OCC(=O)Nc2cc(Cl)c(Cl)cc2Cl)cc1)S(=O)(=O)c1ccccc1. The maximum atomic E-state index is 12.9. The van der Waals surface area contributed by atoms with Gasteiger partial charge in [-0.1, -0.05) is 53.0 Å². The van der Waals surface area contributed by atoms with Crippen molar-refractivity contribution in [3.63, 3.8) is 0 Å². The average molecular weight is 514 g/mol. The van der Waals surface area contributed by atoms with E-state index in [0.29, 0.717) is 17.1 Å². The first kappa shape index (κ1) is 24.2. The van der Waals surface area contributed by atoms with Gasteiger partial charge in [0.2, 0.25) is 0 Å². The summed E-state index contributed by atoms with van der Waals surface area (Å²) in [7, 11) is -3.69. The largest absolute Gasteiger partial charge is 0.484 e. The van der Waals surface area contributed by atoms with Crippen molar-refractivity contribution in [2.45, 2.75) is 11.8 Å². The summed E-state index contributed by atoms with van der Waals surface area (Å²) in [5.41, 5.74) is 0.797. The van der Waals surface area contributed by atoms with Crippen LogP contribution in [0, 0.1) is 0 Å². The van der Waals surface area contributed by atoms with E-state index < -0.39 is 15.9 Å². The zero-order valence-corrected chi connectivity index (χ0v) is 20.0. The Morgan fingerprint density at radius 3 is 2.19 bits per heavy atom. The van der Waals surface area contributed by atoms with Crippen LogP contribution in [0.4, 0.5) is 11.4 Å². The van der Waals surface area contributed by atoms with Crippen LogP contribution in [0.2, 0.25) is 15.1 Å². The Balaban J connectivity index is 1.65. The summed E-state index contributed by atoms with van der Waals surface area (Å²) in [5.74, 6) is -0.0477. The smallest absolute Gasteiger partial charge is 0.264 e. The van der Waals surface area contributed by atoms with Gasteiger partial charge in [-0.25, -0.2) is 8.42 Å². The number of nitrogens with zero attached hydrogens (tertiary/aromatic N) is 1. The summed E-state index contributed by atoms with van der Waals surface area (Å²) in [4.78, 5) is 12.4. The summed E-state index contributed by atoms with van der Waals surface area (Å²) >= 11 is 17.9. The van der Waals surface area contributed by atoms with Crippen LogP contribution in [0.5, 0.6) is 5.75 Å². The number of amides is 1. The maximum absolute atomic E-state index is 12.9. The van der Waals surface area contributed by atoms with Crippen LogP contribution in [0.25, 0.3) is 0 Å². The van der Waals surface area contributed by atoms with Gasteiger partial charge in [0, 0.05) is 6.54 Å². The predicted molar refractivity (Wildman–Crippen MR) is 129 cm³/mol. The van der Waals surface area contributed by atoms with Crippen molar-refractivity contribution in [2.75, 3.05) is 22.8 Å². The van der Waals surface area contributed by atoms with Crippen molar-refractivity contribution in [1.82, 2.24) is 0 Å². The number of anilines is 2. The van der Waals surface area contributed by atoms with E-state index in [1.807, 2.05) is 0 Å². The molecule has 10 heteroatoms. The van der Waals surface area contributed by atoms with Gasteiger partial charge in [-0.05, 0) is 55.5 Å². The van der Waals surface area contributed by atoms with Gasteiger partial charge in [0.1, 0.15) is 5.75 Å². The molecule has 0 atom stereocenters. The molecular formula is C22H19Cl3N2O4S. The molecule has 3 aromatic rings. The van der Waals surface area contributed by atoms with E-state index in [4.69, 9.17) is 39.5 Å². The first-order valence-electron chi connectivity index (χ1n) is 9.47. The molecular weight excluding hydrogens is 495 g/mol. The number of carbonyl (C=O) groups is 1. The van der Waals surface area contributed by atoms with Crippen molar-refractivity contribution < 1.29 is 17.9 Å². The standard InChI is InChI=1S/C22H19Cl3N2O4S/c1-2-27(32(29,30)17-6-4-3-5-7-17)15-8-10-16(11-9-15)31-14-22(28)26-21-13-19(24)18(23)12-20(21)25/h3-13H,2,14H2,1H3,(H,26,28). The van der Waals surface area contributed by atoms with Crippen LogP contribution >= 0.6 is 34.8 Å². The zero-order chi connectivity index (χ0) is 23.3. The third kappa shape index (κ3) is 5.66. The highest BCUT2D eigenvalue weighted by Gasteiger charge is 2.23. The molecule has 3 rings (SSSR count). The number of sulfonamides is 1. The van der Waals surface area contributed by atoms with Gasteiger partial charge in [-0.3, -0.25) is 9.10 Å². The summed E-state index contributed by atoms with van der Waals surface area (Å²) in [5, 5.41) is 3.38. The minimum atomic E-state index is -3.69. The molecule has 0 spiro atoms. The van der Waals surface area contributed by atoms with E-state index >= 15 is 0 Å². The number of nitrogens with one attached hydrogen (secondary N) is 1. The zero-order valence-electron chi connectivity index (χ0n) is 16.9. The lowest BCUT2D eigenvalue weighted by atomic mass is 10.3. The highest BCUT2D eigenvalue weighted by molar-refractivity contribution is 7.92. The van der Waals surface area contributed by atoms with Crippen molar-refractivity contribution >= 4 is 62.1 Å². The number of hydrogen-bond acceptors (Lipinski definition) is 4. The summed E-state index contributed by atoms with van der Waals surface area (Å²) in [6.07, 6.45) is 0. The highest BCUT2D eigenvalue weighted by Crippen LogP contribution is 2.32. The molecule has 0 aromatic heterocycles.